The Hall–Kier alpha value is -0.520. The van der Waals surface area contributed by atoms with E-state index in [0.717, 1.165) is 5.92 Å². The van der Waals surface area contributed by atoms with Crippen LogP contribution in [0.1, 0.15) is 97.8 Å². The van der Waals surface area contributed by atoms with Gasteiger partial charge in [-0.15, -0.1) is 0 Å². The molecule has 119 valence electrons. The fraction of sp³-hybridized carbons (Fsp3) is 0.762. The molecule has 0 aliphatic heterocycles. The molecule has 2 aliphatic carbocycles. The zero-order valence-corrected chi connectivity index (χ0v) is 14.6. The van der Waals surface area contributed by atoms with Crippen molar-refractivity contribution < 1.29 is 0 Å². The maximum atomic E-state index is 2.60. The lowest BCUT2D eigenvalue weighted by atomic mass is 9.78. The Labute approximate surface area is 133 Å². The van der Waals surface area contributed by atoms with Gasteiger partial charge in [-0.3, -0.25) is 0 Å². The Morgan fingerprint density at radius 2 is 1.62 bits per heavy atom. The average molecular weight is 288 g/mol. The topological polar surface area (TPSA) is 0 Å². The molecule has 0 heterocycles. The van der Waals surface area contributed by atoms with Crippen LogP contribution in [-0.4, -0.2) is 0 Å². The summed E-state index contributed by atoms with van der Waals surface area (Å²) in [7, 11) is 0. The Bertz CT molecular complexity index is 371. The van der Waals surface area contributed by atoms with Crippen molar-refractivity contribution in [2.24, 2.45) is 5.92 Å². The standard InChI is InChI=1S/C21H35/c1-4-7-10-17-13-14-20-18(11-8-5-2)16-19(12-9-6-3)21(20)15-17/h16-17H,4-15H2,1-3H3. The number of unbranched alkanes of at least 4 members (excludes halogenated alkanes) is 3. The van der Waals surface area contributed by atoms with E-state index in [1.807, 2.05) is 0 Å². The van der Waals surface area contributed by atoms with Gasteiger partial charge in [0.1, 0.15) is 0 Å². The van der Waals surface area contributed by atoms with Crippen molar-refractivity contribution in [2.75, 3.05) is 0 Å². The fourth-order valence-electron chi connectivity index (χ4n) is 4.00. The molecule has 21 heavy (non-hydrogen) atoms. The average Bonchev–Trinajstić information content (AvgIpc) is 2.86. The van der Waals surface area contributed by atoms with Crippen LogP contribution < -0.4 is 0 Å². The quantitative estimate of drug-likeness (QED) is 0.421. The number of allylic oxidation sites excluding steroid dienone is 4. The van der Waals surface area contributed by atoms with E-state index < -0.39 is 0 Å². The molecule has 0 heteroatoms. The van der Waals surface area contributed by atoms with Crippen molar-refractivity contribution in [1.29, 1.82) is 0 Å². The summed E-state index contributed by atoms with van der Waals surface area (Å²) >= 11 is 0. The predicted octanol–water partition coefficient (Wildman–Crippen LogP) is 7.17. The molecule has 2 aliphatic rings. The SMILES string of the molecule is CCCC[C]1C=C(CCCC)C2=C1CCC(CCCC)C2. The molecule has 1 radical (unpaired) electrons. The highest BCUT2D eigenvalue weighted by molar-refractivity contribution is 5.55. The first-order chi connectivity index (χ1) is 10.3. The summed E-state index contributed by atoms with van der Waals surface area (Å²) in [5.41, 5.74) is 5.29. The van der Waals surface area contributed by atoms with Crippen molar-refractivity contribution in [3.8, 4) is 0 Å². The minimum absolute atomic E-state index is 0.972. The van der Waals surface area contributed by atoms with Crippen molar-refractivity contribution in [3.05, 3.63) is 28.7 Å². The molecule has 0 bridgehead atoms. The van der Waals surface area contributed by atoms with Crippen LogP contribution in [0.2, 0.25) is 0 Å². The molecular weight excluding hydrogens is 252 g/mol. The minimum atomic E-state index is 0.972. The monoisotopic (exact) mass is 287 g/mol. The highest BCUT2D eigenvalue weighted by Crippen LogP contribution is 2.47. The van der Waals surface area contributed by atoms with Gasteiger partial charge >= 0.3 is 0 Å². The Kier molecular flexibility index (Phi) is 7.07. The number of hydrogen-bond donors (Lipinski definition) is 0. The summed E-state index contributed by atoms with van der Waals surface area (Å²) in [6.45, 7) is 6.96. The first kappa shape index (κ1) is 16.8. The molecule has 0 saturated carbocycles. The summed E-state index contributed by atoms with van der Waals surface area (Å²) < 4.78 is 0. The van der Waals surface area contributed by atoms with Gasteiger partial charge in [0.15, 0.2) is 0 Å². The molecule has 0 fully saturated rings. The summed E-state index contributed by atoms with van der Waals surface area (Å²) in [5, 5.41) is 0. The van der Waals surface area contributed by atoms with E-state index in [0.29, 0.717) is 0 Å². The maximum Gasteiger partial charge on any atom is 0.0231 e. The van der Waals surface area contributed by atoms with E-state index in [-0.39, 0.29) is 0 Å². The van der Waals surface area contributed by atoms with Gasteiger partial charge in [-0.05, 0) is 55.6 Å². The van der Waals surface area contributed by atoms with Crippen LogP contribution in [-0.2, 0) is 0 Å². The first-order valence-corrected chi connectivity index (χ1v) is 9.59. The van der Waals surface area contributed by atoms with Gasteiger partial charge in [0.2, 0.25) is 0 Å². The minimum Gasteiger partial charge on any atom is -0.0696 e. The van der Waals surface area contributed by atoms with Gasteiger partial charge < -0.3 is 0 Å². The lowest BCUT2D eigenvalue weighted by Crippen LogP contribution is -2.12. The fourth-order valence-corrected chi connectivity index (χ4v) is 4.00. The summed E-state index contributed by atoms with van der Waals surface area (Å²) in [4.78, 5) is 0. The molecule has 0 aromatic heterocycles. The molecule has 2 rings (SSSR count). The van der Waals surface area contributed by atoms with Crippen LogP contribution in [0.3, 0.4) is 0 Å². The first-order valence-electron chi connectivity index (χ1n) is 9.59. The molecule has 0 aromatic rings. The summed E-state index contributed by atoms with van der Waals surface area (Å²) in [6, 6.07) is 0. The Balaban J connectivity index is 2.04. The highest BCUT2D eigenvalue weighted by atomic mass is 14.4. The van der Waals surface area contributed by atoms with Crippen molar-refractivity contribution in [1.82, 2.24) is 0 Å². The second-order valence-corrected chi connectivity index (χ2v) is 7.11. The third kappa shape index (κ3) is 4.47. The molecule has 0 nitrogen and oxygen atoms in total. The Morgan fingerprint density at radius 3 is 2.33 bits per heavy atom. The van der Waals surface area contributed by atoms with Gasteiger partial charge in [-0.2, -0.15) is 0 Å². The van der Waals surface area contributed by atoms with Crippen molar-refractivity contribution in [3.63, 3.8) is 0 Å². The Morgan fingerprint density at radius 1 is 0.905 bits per heavy atom. The number of hydrogen-bond acceptors (Lipinski definition) is 0. The lowest BCUT2D eigenvalue weighted by molar-refractivity contribution is 0.412. The molecule has 0 amide bonds. The van der Waals surface area contributed by atoms with Crippen molar-refractivity contribution in [2.45, 2.75) is 97.8 Å². The van der Waals surface area contributed by atoms with Crippen LogP contribution >= 0.6 is 0 Å². The maximum absolute atomic E-state index is 2.60. The molecule has 1 unspecified atom stereocenters. The molecule has 0 spiro atoms. The van der Waals surface area contributed by atoms with Gasteiger partial charge in [-0.25, -0.2) is 0 Å². The van der Waals surface area contributed by atoms with Crippen LogP contribution in [0.15, 0.2) is 22.8 Å². The normalized spacial score (nSPS) is 22.6. The van der Waals surface area contributed by atoms with E-state index >= 15 is 0 Å². The van der Waals surface area contributed by atoms with Crippen LogP contribution in [0.25, 0.3) is 0 Å². The van der Waals surface area contributed by atoms with Crippen LogP contribution in [0, 0.1) is 11.8 Å². The third-order valence-corrected chi connectivity index (χ3v) is 5.35. The zero-order chi connectivity index (χ0) is 15.1. The molecule has 0 aromatic carbocycles. The van der Waals surface area contributed by atoms with Crippen LogP contribution in [0.5, 0.6) is 0 Å². The van der Waals surface area contributed by atoms with Gasteiger partial charge in [0.25, 0.3) is 0 Å². The van der Waals surface area contributed by atoms with E-state index in [4.69, 9.17) is 0 Å². The second-order valence-electron chi connectivity index (χ2n) is 7.11. The molecular formula is C21H35. The molecule has 1 atom stereocenters. The number of rotatable bonds is 9. The van der Waals surface area contributed by atoms with Gasteiger partial charge in [0.05, 0.1) is 0 Å². The second kappa shape index (κ2) is 8.81. The lowest BCUT2D eigenvalue weighted by Gasteiger charge is -2.27. The van der Waals surface area contributed by atoms with E-state index in [9.17, 15) is 0 Å². The van der Waals surface area contributed by atoms with Gasteiger partial charge in [-0.1, -0.05) is 70.9 Å². The summed E-state index contributed by atoms with van der Waals surface area (Å²) in [5.74, 6) is 2.69. The van der Waals surface area contributed by atoms with Gasteiger partial charge in [0, 0.05) is 5.92 Å². The van der Waals surface area contributed by atoms with E-state index in [1.165, 1.54) is 77.0 Å². The largest absolute Gasteiger partial charge is 0.0696 e. The third-order valence-electron chi connectivity index (χ3n) is 5.35. The summed E-state index contributed by atoms with van der Waals surface area (Å²) in [6.07, 6.45) is 19.1. The van der Waals surface area contributed by atoms with E-state index in [2.05, 4.69) is 26.8 Å². The molecule has 0 N–H and O–H groups in total. The van der Waals surface area contributed by atoms with E-state index in [1.54, 1.807) is 22.6 Å². The van der Waals surface area contributed by atoms with Crippen LogP contribution in [0.4, 0.5) is 0 Å². The smallest absolute Gasteiger partial charge is 0.0231 e. The predicted molar refractivity (Wildman–Crippen MR) is 94.3 cm³/mol. The highest BCUT2D eigenvalue weighted by Gasteiger charge is 2.31. The molecule has 0 saturated heterocycles. The van der Waals surface area contributed by atoms with Crippen molar-refractivity contribution >= 4 is 0 Å². The zero-order valence-electron chi connectivity index (χ0n) is 14.6.